The smallest absolute Gasteiger partial charge is 0.122 e. The van der Waals surface area contributed by atoms with Crippen molar-refractivity contribution >= 4 is 15.9 Å². The van der Waals surface area contributed by atoms with Gasteiger partial charge in [0.15, 0.2) is 0 Å². The molecular formula is C14H21BrO. The monoisotopic (exact) mass is 284 g/mol. The Morgan fingerprint density at radius 1 is 1.44 bits per heavy atom. The maximum atomic E-state index is 5.93. The third-order valence-electron chi connectivity index (χ3n) is 3.70. The van der Waals surface area contributed by atoms with Gasteiger partial charge in [0.05, 0.1) is 6.61 Å². The zero-order valence-electron chi connectivity index (χ0n) is 10.6. The first-order valence-corrected chi connectivity index (χ1v) is 7.06. The molecule has 1 aliphatic carbocycles. The Morgan fingerprint density at radius 3 is 2.75 bits per heavy atom. The fourth-order valence-corrected chi connectivity index (χ4v) is 3.15. The van der Waals surface area contributed by atoms with Gasteiger partial charge in [0, 0.05) is 4.83 Å². The van der Waals surface area contributed by atoms with Crippen LogP contribution >= 0.6 is 15.9 Å². The molecule has 0 saturated carbocycles. The van der Waals surface area contributed by atoms with E-state index in [1.807, 2.05) is 0 Å². The van der Waals surface area contributed by atoms with E-state index in [9.17, 15) is 0 Å². The highest BCUT2D eigenvalue weighted by Gasteiger charge is 2.36. The Kier molecular flexibility index (Phi) is 3.22. The molecule has 1 aliphatic heterocycles. The number of fused-ring (bicyclic) bond motifs is 1. The molecule has 0 aromatic carbocycles. The van der Waals surface area contributed by atoms with Crippen LogP contribution in [-0.4, -0.2) is 11.4 Å². The molecule has 2 rings (SSSR count). The van der Waals surface area contributed by atoms with Gasteiger partial charge in [0.1, 0.15) is 5.76 Å². The molecule has 16 heavy (non-hydrogen) atoms. The molecule has 1 saturated heterocycles. The lowest BCUT2D eigenvalue weighted by molar-refractivity contribution is 0.130. The van der Waals surface area contributed by atoms with E-state index in [-0.39, 0.29) is 5.41 Å². The maximum absolute atomic E-state index is 5.93. The van der Waals surface area contributed by atoms with Crippen molar-refractivity contribution in [3.05, 3.63) is 23.0 Å². The molecule has 1 fully saturated rings. The molecule has 0 aromatic rings. The minimum absolute atomic E-state index is 0.264. The summed E-state index contributed by atoms with van der Waals surface area (Å²) in [5.41, 5.74) is 3.16. The molecule has 90 valence electrons. The maximum Gasteiger partial charge on any atom is 0.122 e. The van der Waals surface area contributed by atoms with Crippen LogP contribution < -0.4 is 0 Å². The first-order chi connectivity index (χ1) is 7.42. The lowest BCUT2D eigenvalue weighted by atomic mass is 9.74. The topological polar surface area (TPSA) is 9.23 Å². The predicted molar refractivity (Wildman–Crippen MR) is 71.6 cm³/mol. The summed E-state index contributed by atoms with van der Waals surface area (Å²) in [5, 5.41) is 0. The second kappa shape index (κ2) is 4.21. The van der Waals surface area contributed by atoms with Crippen molar-refractivity contribution < 1.29 is 4.74 Å². The Morgan fingerprint density at radius 2 is 2.12 bits per heavy atom. The molecule has 1 heterocycles. The summed E-state index contributed by atoms with van der Waals surface area (Å²) in [7, 11) is 0. The normalized spacial score (nSPS) is 28.6. The van der Waals surface area contributed by atoms with E-state index in [2.05, 4.69) is 49.7 Å². The summed E-state index contributed by atoms with van der Waals surface area (Å²) in [4.78, 5) is 0.477. The van der Waals surface area contributed by atoms with Crippen molar-refractivity contribution in [1.29, 1.82) is 0 Å². The first kappa shape index (κ1) is 12.2. The highest BCUT2D eigenvalue weighted by Crippen LogP contribution is 2.46. The molecule has 0 bridgehead atoms. The van der Waals surface area contributed by atoms with E-state index in [0.717, 1.165) is 19.4 Å². The van der Waals surface area contributed by atoms with Gasteiger partial charge in [-0.3, -0.25) is 0 Å². The zero-order valence-corrected chi connectivity index (χ0v) is 12.2. The van der Waals surface area contributed by atoms with E-state index in [1.54, 1.807) is 0 Å². The van der Waals surface area contributed by atoms with Crippen molar-refractivity contribution in [2.75, 3.05) is 6.61 Å². The van der Waals surface area contributed by atoms with Gasteiger partial charge >= 0.3 is 0 Å². The Bertz CT molecular complexity index is 350. The van der Waals surface area contributed by atoms with Gasteiger partial charge in [-0.1, -0.05) is 49.7 Å². The minimum atomic E-state index is 0.264. The molecule has 1 nitrogen and oxygen atoms in total. The fourth-order valence-electron chi connectivity index (χ4n) is 2.54. The summed E-state index contributed by atoms with van der Waals surface area (Å²) in [6.45, 7) is 10.0. The van der Waals surface area contributed by atoms with E-state index in [0.29, 0.717) is 10.7 Å². The number of ether oxygens (including phenoxy) is 1. The Labute approximate surface area is 107 Å². The molecule has 0 aromatic heterocycles. The summed E-state index contributed by atoms with van der Waals surface area (Å²) >= 11 is 3.74. The van der Waals surface area contributed by atoms with Gasteiger partial charge in [0.25, 0.3) is 0 Å². The van der Waals surface area contributed by atoms with Crippen molar-refractivity contribution in [3.8, 4) is 0 Å². The lowest BCUT2D eigenvalue weighted by Crippen LogP contribution is -2.30. The molecule has 0 radical (unpaired) electrons. The SMILES string of the molecule is CC(C)C1=C2OCCC(C)(C)C2=CC(Br)C1. The van der Waals surface area contributed by atoms with Gasteiger partial charge in [-0.2, -0.15) is 0 Å². The van der Waals surface area contributed by atoms with Crippen molar-refractivity contribution in [3.63, 3.8) is 0 Å². The summed E-state index contributed by atoms with van der Waals surface area (Å²) in [6, 6.07) is 0. The van der Waals surface area contributed by atoms with E-state index >= 15 is 0 Å². The van der Waals surface area contributed by atoms with Crippen LogP contribution in [0.15, 0.2) is 23.0 Å². The van der Waals surface area contributed by atoms with Gasteiger partial charge in [-0.15, -0.1) is 0 Å². The number of halogens is 1. The van der Waals surface area contributed by atoms with Crippen LogP contribution in [0.3, 0.4) is 0 Å². The highest BCUT2D eigenvalue weighted by atomic mass is 79.9. The predicted octanol–water partition coefficient (Wildman–Crippen LogP) is 4.44. The average Bonchev–Trinajstić information content (AvgIpc) is 2.17. The molecule has 1 atom stereocenters. The lowest BCUT2D eigenvalue weighted by Gasteiger charge is -2.39. The number of alkyl halides is 1. The minimum Gasteiger partial charge on any atom is -0.493 e. The summed E-state index contributed by atoms with van der Waals surface area (Å²) in [5.74, 6) is 1.77. The van der Waals surface area contributed by atoms with Crippen LogP contribution in [0.25, 0.3) is 0 Å². The van der Waals surface area contributed by atoms with Gasteiger partial charge in [-0.05, 0) is 35.3 Å². The molecule has 0 spiro atoms. The van der Waals surface area contributed by atoms with Crippen LogP contribution in [0.5, 0.6) is 0 Å². The van der Waals surface area contributed by atoms with Gasteiger partial charge in [-0.25, -0.2) is 0 Å². The quantitative estimate of drug-likeness (QED) is 0.647. The molecule has 2 aliphatic rings. The Hall–Kier alpha value is -0.240. The van der Waals surface area contributed by atoms with Crippen LogP contribution in [-0.2, 0) is 4.74 Å². The van der Waals surface area contributed by atoms with Gasteiger partial charge < -0.3 is 4.74 Å². The number of hydrogen-bond acceptors (Lipinski definition) is 1. The van der Waals surface area contributed by atoms with Crippen LogP contribution in [0, 0.1) is 11.3 Å². The van der Waals surface area contributed by atoms with Crippen molar-refractivity contribution in [2.24, 2.45) is 11.3 Å². The third-order valence-corrected chi connectivity index (χ3v) is 4.29. The second-order valence-corrected chi connectivity index (χ2v) is 6.97. The van der Waals surface area contributed by atoms with Crippen LogP contribution in [0.4, 0.5) is 0 Å². The number of rotatable bonds is 1. The third kappa shape index (κ3) is 2.09. The molecular weight excluding hydrogens is 264 g/mol. The largest absolute Gasteiger partial charge is 0.493 e. The summed E-state index contributed by atoms with van der Waals surface area (Å²) < 4.78 is 5.93. The standard InChI is InChI=1S/C14H21BrO/c1-9(2)11-7-10(15)8-12-13(11)16-6-5-14(12,3)4/h8-10H,5-7H2,1-4H3. The number of hydrogen-bond donors (Lipinski definition) is 0. The fraction of sp³-hybridized carbons (Fsp3) is 0.714. The van der Waals surface area contributed by atoms with E-state index in [4.69, 9.17) is 4.74 Å². The molecule has 2 heteroatoms. The molecule has 0 N–H and O–H groups in total. The number of allylic oxidation sites excluding steroid dienone is 3. The van der Waals surface area contributed by atoms with E-state index in [1.165, 1.54) is 16.9 Å². The van der Waals surface area contributed by atoms with E-state index < -0.39 is 0 Å². The van der Waals surface area contributed by atoms with Crippen LogP contribution in [0.2, 0.25) is 0 Å². The Balaban J connectivity index is 2.46. The second-order valence-electron chi connectivity index (χ2n) is 5.79. The molecule has 1 unspecified atom stereocenters. The first-order valence-electron chi connectivity index (χ1n) is 6.14. The highest BCUT2D eigenvalue weighted by molar-refractivity contribution is 9.09. The van der Waals surface area contributed by atoms with Crippen molar-refractivity contribution in [2.45, 2.75) is 45.4 Å². The van der Waals surface area contributed by atoms with Crippen molar-refractivity contribution in [1.82, 2.24) is 0 Å². The average molecular weight is 285 g/mol. The summed E-state index contributed by atoms with van der Waals surface area (Å²) in [6.07, 6.45) is 4.56. The molecule has 0 amide bonds. The zero-order chi connectivity index (χ0) is 11.9. The van der Waals surface area contributed by atoms with Crippen LogP contribution in [0.1, 0.15) is 40.5 Å². The van der Waals surface area contributed by atoms with Gasteiger partial charge in [0.2, 0.25) is 0 Å².